The van der Waals surface area contributed by atoms with Gasteiger partial charge in [0.1, 0.15) is 11.3 Å². The van der Waals surface area contributed by atoms with E-state index in [0.717, 1.165) is 13.0 Å². The number of carbonyl (C=O) groups excluding carboxylic acids is 1. The van der Waals surface area contributed by atoms with Gasteiger partial charge in [-0.2, -0.15) is 0 Å². The molecule has 1 aliphatic heterocycles. The minimum Gasteiger partial charge on any atom is -0.491 e. The van der Waals surface area contributed by atoms with Crippen LogP contribution in [0.5, 0.6) is 5.75 Å². The highest BCUT2D eigenvalue weighted by atomic mass is 35.5. The van der Waals surface area contributed by atoms with Gasteiger partial charge in [-0.25, -0.2) is 4.79 Å². The molecule has 2 rings (SSSR count). The van der Waals surface area contributed by atoms with Gasteiger partial charge in [-0.05, 0) is 18.6 Å². The Morgan fingerprint density at radius 1 is 1.58 bits per heavy atom. The summed E-state index contributed by atoms with van der Waals surface area (Å²) in [5.41, 5.74) is 6.25. The van der Waals surface area contributed by atoms with E-state index in [-0.39, 0.29) is 16.3 Å². The predicted molar refractivity (Wildman–Crippen MR) is 71.6 cm³/mol. The number of anilines is 1. The van der Waals surface area contributed by atoms with Crippen molar-refractivity contribution >= 4 is 23.3 Å². The Bertz CT molecular complexity index is 472. The molecule has 1 aromatic carbocycles. The normalized spacial score (nSPS) is 18.3. The second-order valence-corrected chi connectivity index (χ2v) is 4.77. The van der Waals surface area contributed by atoms with E-state index in [1.165, 1.54) is 7.11 Å². The van der Waals surface area contributed by atoms with E-state index in [9.17, 15) is 4.79 Å². The van der Waals surface area contributed by atoms with Crippen molar-refractivity contribution in [1.29, 1.82) is 0 Å². The minimum absolute atomic E-state index is 0.143. The van der Waals surface area contributed by atoms with Crippen LogP contribution < -0.4 is 10.5 Å². The van der Waals surface area contributed by atoms with E-state index < -0.39 is 5.97 Å². The monoisotopic (exact) mass is 285 g/mol. The molecule has 0 bridgehead atoms. The first-order valence-corrected chi connectivity index (χ1v) is 6.38. The van der Waals surface area contributed by atoms with Crippen LogP contribution in [0.4, 0.5) is 5.69 Å². The maximum atomic E-state index is 11.6. The highest BCUT2D eigenvalue weighted by Crippen LogP contribution is 2.32. The number of esters is 1. The number of carbonyl (C=O) groups is 1. The number of methoxy groups -OCH3 is 1. The number of ether oxygens (including phenoxy) is 3. The fourth-order valence-electron chi connectivity index (χ4n) is 1.93. The molecule has 0 radical (unpaired) electrons. The summed E-state index contributed by atoms with van der Waals surface area (Å²) in [5, 5.41) is 0.251. The first-order valence-electron chi connectivity index (χ1n) is 6.00. The van der Waals surface area contributed by atoms with Crippen molar-refractivity contribution in [3.05, 3.63) is 22.7 Å². The summed E-state index contributed by atoms with van der Waals surface area (Å²) in [4.78, 5) is 11.6. The standard InChI is InChI=1S/C13H16ClNO4/c1-17-13(16)11-9(14)2-3-10(12(11)15)19-7-8-4-5-18-6-8/h2-3,8H,4-7,15H2,1H3. The molecule has 104 valence electrons. The summed E-state index contributed by atoms with van der Waals surface area (Å²) in [7, 11) is 1.28. The maximum Gasteiger partial charge on any atom is 0.341 e. The van der Waals surface area contributed by atoms with Crippen molar-refractivity contribution < 1.29 is 19.0 Å². The largest absolute Gasteiger partial charge is 0.491 e. The van der Waals surface area contributed by atoms with Crippen LogP contribution in [0, 0.1) is 5.92 Å². The molecule has 1 aromatic rings. The molecule has 0 amide bonds. The minimum atomic E-state index is -0.572. The van der Waals surface area contributed by atoms with E-state index in [1.54, 1.807) is 12.1 Å². The number of rotatable bonds is 4. The lowest BCUT2D eigenvalue weighted by Gasteiger charge is -2.14. The third-order valence-electron chi connectivity index (χ3n) is 3.04. The van der Waals surface area contributed by atoms with Crippen molar-refractivity contribution in [2.45, 2.75) is 6.42 Å². The molecule has 5 nitrogen and oxygen atoms in total. The summed E-state index contributed by atoms with van der Waals surface area (Å²) in [6, 6.07) is 3.23. The lowest BCUT2D eigenvalue weighted by atomic mass is 10.1. The molecule has 1 aliphatic rings. The molecule has 1 atom stereocenters. The van der Waals surface area contributed by atoms with Gasteiger partial charge >= 0.3 is 5.97 Å². The number of benzene rings is 1. The van der Waals surface area contributed by atoms with Crippen molar-refractivity contribution in [3.8, 4) is 5.75 Å². The molecule has 1 saturated heterocycles. The average molecular weight is 286 g/mol. The third-order valence-corrected chi connectivity index (χ3v) is 3.36. The van der Waals surface area contributed by atoms with E-state index in [2.05, 4.69) is 4.74 Å². The summed E-state index contributed by atoms with van der Waals surface area (Å²) in [6.45, 7) is 1.96. The molecular formula is C13H16ClNO4. The molecule has 1 fully saturated rings. The number of hydrogen-bond donors (Lipinski definition) is 1. The summed E-state index contributed by atoms with van der Waals surface area (Å²) < 4.78 is 15.6. The summed E-state index contributed by atoms with van der Waals surface area (Å²) in [5.74, 6) is 0.227. The van der Waals surface area contributed by atoms with Crippen molar-refractivity contribution in [3.63, 3.8) is 0 Å². The van der Waals surface area contributed by atoms with Crippen molar-refractivity contribution in [2.75, 3.05) is 32.7 Å². The Hall–Kier alpha value is -1.46. The molecule has 19 heavy (non-hydrogen) atoms. The Labute approximate surface area is 116 Å². The topological polar surface area (TPSA) is 70.8 Å². The third kappa shape index (κ3) is 3.11. The van der Waals surface area contributed by atoms with Crippen LogP contribution >= 0.6 is 11.6 Å². The number of nitrogen functional groups attached to an aromatic ring is 1. The zero-order chi connectivity index (χ0) is 13.8. The van der Waals surface area contributed by atoms with E-state index in [1.807, 2.05) is 0 Å². The molecule has 0 spiro atoms. The second kappa shape index (κ2) is 6.12. The molecule has 0 aromatic heterocycles. The number of hydrogen-bond acceptors (Lipinski definition) is 5. The van der Waals surface area contributed by atoms with E-state index in [4.69, 9.17) is 26.8 Å². The summed E-state index contributed by atoms with van der Waals surface area (Å²) in [6.07, 6.45) is 0.970. The van der Waals surface area contributed by atoms with Gasteiger partial charge in [-0.3, -0.25) is 0 Å². The fraction of sp³-hybridized carbons (Fsp3) is 0.462. The molecule has 1 unspecified atom stereocenters. The van der Waals surface area contributed by atoms with Crippen LogP contribution in [0.1, 0.15) is 16.8 Å². The average Bonchev–Trinajstić information content (AvgIpc) is 2.91. The Morgan fingerprint density at radius 3 is 3.00 bits per heavy atom. The lowest BCUT2D eigenvalue weighted by Crippen LogP contribution is -2.14. The smallest absolute Gasteiger partial charge is 0.341 e. The highest BCUT2D eigenvalue weighted by Gasteiger charge is 2.20. The van der Waals surface area contributed by atoms with Crippen LogP contribution in [-0.4, -0.2) is 32.9 Å². The Kier molecular flexibility index (Phi) is 4.50. The molecule has 6 heteroatoms. The molecule has 1 heterocycles. The SMILES string of the molecule is COC(=O)c1c(Cl)ccc(OCC2CCOC2)c1N. The van der Waals surface area contributed by atoms with Crippen LogP contribution in [0.25, 0.3) is 0 Å². The van der Waals surface area contributed by atoms with Crippen molar-refractivity contribution in [2.24, 2.45) is 5.92 Å². The number of halogens is 1. The maximum absolute atomic E-state index is 11.6. The zero-order valence-electron chi connectivity index (χ0n) is 10.6. The van der Waals surface area contributed by atoms with Gasteiger partial charge in [0.15, 0.2) is 0 Å². The van der Waals surface area contributed by atoms with Gasteiger partial charge in [0.05, 0.1) is 31.0 Å². The van der Waals surface area contributed by atoms with Crippen LogP contribution in [0.15, 0.2) is 12.1 Å². The highest BCUT2D eigenvalue weighted by molar-refractivity contribution is 6.34. The van der Waals surface area contributed by atoms with Gasteiger partial charge in [-0.1, -0.05) is 11.6 Å². The van der Waals surface area contributed by atoms with Gasteiger partial charge in [0.25, 0.3) is 0 Å². The van der Waals surface area contributed by atoms with Gasteiger partial charge < -0.3 is 19.9 Å². The Balaban J connectivity index is 2.14. The quantitative estimate of drug-likeness (QED) is 0.678. The molecular weight excluding hydrogens is 270 g/mol. The zero-order valence-corrected chi connectivity index (χ0v) is 11.4. The van der Waals surface area contributed by atoms with Gasteiger partial charge in [-0.15, -0.1) is 0 Å². The molecule has 0 saturated carbocycles. The van der Waals surface area contributed by atoms with Crippen LogP contribution in [0.3, 0.4) is 0 Å². The predicted octanol–water partition coefficient (Wildman–Crippen LogP) is 2.12. The molecule has 2 N–H and O–H groups in total. The molecule has 0 aliphatic carbocycles. The first-order chi connectivity index (χ1) is 9.13. The van der Waals surface area contributed by atoms with E-state index >= 15 is 0 Å². The first kappa shape index (κ1) is 14.0. The van der Waals surface area contributed by atoms with Gasteiger partial charge in [0.2, 0.25) is 0 Å². The fourth-order valence-corrected chi connectivity index (χ4v) is 2.17. The van der Waals surface area contributed by atoms with Crippen LogP contribution in [0.2, 0.25) is 5.02 Å². The summed E-state index contributed by atoms with van der Waals surface area (Å²) >= 11 is 5.95. The lowest BCUT2D eigenvalue weighted by molar-refractivity contribution is 0.0601. The van der Waals surface area contributed by atoms with Crippen LogP contribution in [-0.2, 0) is 9.47 Å². The van der Waals surface area contributed by atoms with Crippen molar-refractivity contribution in [1.82, 2.24) is 0 Å². The Morgan fingerprint density at radius 2 is 2.37 bits per heavy atom. The number of nitrogens with two attached hydrogens (primary N) is 1. The second-order valence-electron chi connectivity index (χ2n) is 4.37. The van der Waals surface area contributed by atoms with E-state index in [0.29, 0.717) is 24.9 Å². The van der Waals surface area contributed by atoms with Gasteiger partial charge in [0, 0.05) is 12.5 Å².